The van der Waals surface area contributed by atoms with Crippen LogP contribution in [0, 0.1) is 5.92 Å². The van der Waals surface area contributed by atoms with Gasteiger partial charge in [-0.1, -0.05) is 30.3 Å². The highest BCUT2D eigenvalue weighted by atomic mass is 32.1. The molecule has 0 spiro atoms. The molecule has 0 bridgehead atoms. The Bertz CT molecular complexity index is 1040. The van der Waals surface area contributed by atoms with Gasteiger partial charge in [0.05, 0.1) is 24.1 Å². The third-order valence-corrected chi connectivity index (χ3v) is 6.46. The molecule has 2 fully saturated rings. The summed E-state index contributed by atoms with van der Waals surface area (Å²) in [6.45, 7) is 0.355. The Morgan fingerprint density at radius 2 is 1.82 bits per heavy atom. The summed E-state index contributed by atoms with van der Waals surface area (Å²) in [7, 11) is 1.66. The Morgan fingerprint density at radius 3 is 2.44 bits per heavy atom. The summed E-state index contributed by atoms with van der Waals surface area (Å²) in [5.74, 6) is -1.35. The number of fused-ring (bicyclic) bond motifs is 1. The van der Waals surface area contributed by atoms with Gasteiger partial charge in [-0.15, -0.1) is 13.2 Å². The molecule has 1 heterocycles. The highest BCUT2D eigenvalue weighted by molar-refractivity contribution is 7.80. The molecule has 1 amide bonds. The number of aliphatic hydroxyl groups is 2. The summed E-state index contributed by atoms with van der Waals surface area (Å²) >= 11 is 5.45. The SMILES string of the molecule is CN(Cc1ccccc1)C(=O)[C@@H]1C[C@@H](O)[C@H](O)[C@@H]2NC(=S)N(c3ccc(OC(F)(F)F)cc3)[C@@H]21. The van der Waals surface area contributed by atoms with Crippen molar-refractivity contribution in [3.8, 4) is 5.75 Å². The van der Waals surface area contributed by atoms with E-state index in [2.05, 4.69) is 10.1 Å². The van der Waals surface area contributed by atoms with Crippen LogP contribution >= 0.6 is 12.2 Å². The molecular formula is C23H24F3N3O4S. The van der Waals surface area contributed by atoms with Gasteiger partial charge >= 0.3 is 6.36 Å². The smallest absolute Gasteiger partial charge is 0.406 e. The van der Waals surface area contributed by atoms with Gasteiger partial charge < -0.3 is 30.1 Å². The Hall–Kier alpha value is -2.89. The van der Waals surface area contributed by atoms with Crippen LogP contribution < -0.4 is 15.0 Å². The van der Waals surface area contributed by atoms with Crippen LogP contribution in [0.5, 0.6) is 5.75 Å². The second kappa shape index (κ2) is 9.40. The molecule has 3 N–H and O–H groups in total. The number of aliphatic hydroxyl groups excluding tert-OH is 2. The third kappa shape index (κ3) is 4.96. The monoisotopic (exact) mass is 495 g/mol. The molecule has 5 atom stereocenters. The van der Waals surface area contributed by atoms with Gasteiger partial charge in [0, 0.05) is 19.3 Å². The van der Waals surface area contributed by atoms with E-state index in [9.17, 15) is 28.2 Å². The van der Waals surface area contributed by atoms with Crippen molar-refractivity contribution in [2.24, 2.45) is 5.92 Å². The minimum Gasteiger partial charge on any atom is -0.406 e. The fourth-order valence-corrected chi connectivity index (χ4v) is 5.02. The lowest BCUT2D eigenvalue weighted by molar-refractivity contribution is -0.274. The van der Waals surface area contributed by atoms with Gasteiger partial charge in [0.15, 0.2) is 5.11 Å². The Kier molecular flexibility index (Phi) is 6.70. The number of hydrogen-bond donors (Lipinski definition) is 3. The lowest BCUT2D eigenvalue weighted by Crippen LogP contribution is -2.61. The maximum atomic E-state index is 13.5. The number of benzene rings is 2. The number of hydrogen-bond acceptors (Lipinski definition) is 5. The van der Waals surface area contributed by atoms with E-state index in [1.807, 2.05) is 30.3 Å². The average Bonchev–Trinajstić information content (AvgIpc) is 3.13. The van der Waals surface area contributed by atoms with Gasteiger partial charge in [0.25, 0.3) is 0 Å². The minimum atomic E-state index is -4.82. The van der Waals surface area contributed by atoms with Crippen molar-refractivity contribution in [1.82, 2.24) is 10.2 Å². The van der Waals surface area contributed by atoms with Crippen LogP contribution in [0.3, 0.4) is 0 Å². The first-order valence-corrected chi connectivity index (χ1v) is 11.1. The first-order chi connectivity index (χ1) is 16.0. The van der Waals surface area contributed by atoms with Gasteiger partial charge in [-0.3, -0.25) is 4.79 Å². The van der Waals surface area contributed by atoms with Crippen molar-refractivity contribution in [2.75, 3.05) is 11.9 Å². The third-order valence-electron chi connectivity index (χ3n) is 6.15. The van der Waals surface area contributed by atoms with Crippen LogP contribution in [0.15, 0.2) is 54.6 Å². The van der Waals surface area contributed by atoms with Crippen molar-refractivity contribution in [3.63, 3.8) is 0 Å². The summed E-state index contributed by atoms with van der Waals surface area (Å²) in [6, 6.07) is 13.2. The molecule has 0 radical (unpaired) electrons. The number of amides is 1. The van der Waals surface area contributed by atoms with Crippen LogP contribution in [-0.2, 0) is 11.3 Å². The van der Waals surface area contributed by atoms with Crippen molar-refractivity contribution < 1.29 is 32.9 Å². The highest BCUT2D eigenvalue weighted by Crippen LogP contribution is 2.38. The number of nitrogens with zero attached hydrogens (tertiary/aromatic N) is 2. The number of rotatable bonds is 5. The predicted molar refractivity (Wildman–Crippen MR) is 122 cm³/mol. The topological polar surface area (TPSA) is 85.3 Å². The molecule has 34 heavy (non-hydrogen) atoms. The van der Waals surface area contributed by atoms with Crippen LogP contribution in [-0.4, -0.2) is 63.8 Å². The molecule has 7 nitrogen and oxygen atoms in total. The average molecular weight is 496 g/mol. The maximum absolute atomic E-state index is 13.5. The highest BCUT2D eigenvalue weighted by Gasteiger charge is 2.54. The molecule has 1 aliphatic carbocycles. The van der Waals surface area contributed by atoms with Crippen LogP contribution in [0.25, 0.3) is 0 Å². The molecule has 1 saturated carbocycles. The van der Waals surface area contributed by atoms with E-state index in [1.165, 1.54) is 12.1 Å². The summed E-state index contributed by atoms with van der Waals surface area (Å²) in [4.78, 5) is 16.7. The fraction of sp³-hybridized carbons (Fsp3) is 0.391. The Morgan fingerprint density at radius 1 is 1.18 bits per heavy atom. The molecule has 0 unspecified atom stereocenters. The lowest BCUT2D eigenvalue weighted by atomic mass is 9.77. The van der Waals surface area contributed by atoms with Crippen LogP contribution in [0.1, 0.15) is 12.0 Å². The van der Waals surface area contributed by atoms with E-state index in [-0.39, 0.29) is 23.2 Å². The van der Waals surface area contributed by atoms with E-state index in [1.54, 1.807) is 16.8 Å². The fourth-order valence-electron chi connectivity index (χ4n) is 4.65. The zero-order valence-corrected chi connectivity index (χ0v) is 19.0. The molecular weight excluding hydrogens is 471 g/mol. The quantitative estimate of drug-likeness (QED) is 0.550. The molecule has 182 valence electrons. The molecule has 2 aromatic rings. The summed E-state index contributed by atoms with van der Waals surface area (Å²) < 4.78 is 41.5. The molecule has 2 aromatic carbocycles. The standard InChI is InChI=1S/C23H24F3N3O4S/c1-28(12-13-5-3-2-4-6-13)21(32)16-11-17(30)20(31)18-19(16)29(22(34)27-18)14-7-9-15(10-8-14)33-23(24,25)26/h2-10,16-20,30-31H,11-12H2,1H3,(H,27,34)/t16-,17-,18-,19-,20+/m1/s1. The number of thiocarbonyl (C=S) groups is 1. The lowest BCUT2D eigenvalue weighted by Gasteiger charge is -2.42. The van der Waals surface area contributed by atoms with Gasteiger partial charge in [-0.05, 0) is 48.5 Å². The van der Waals surface area contributed by atoms with E-state index >= 15 is 0 Å². The van der Waals surface area contributed by atoms with Gasteiger partial charge in [-0.2, -0.15) is 0 Å². The number of carbonyl (C=O) groups excluding carboxylic acids is 1. The minimum absolute atomic E-state index is 0.0103. The number of alkyl halides is 3. The number of anilines is 1. The zero-order valence-electron chi connectivity index (χ0n) is 18.1. The molecule has 4 rings (SSSR count). The Balaban J connectivity index is 1.61. The molecule has 0 aromatic heterocycles. The van der Waals surface area contributed by atoms with Gasteiger partial charge in [0.1, 0.15) is 11.9 Å². The molecule has 1 saturated heterocycles. The predicted octanol–water partition coefficient (Wildman–Crippen LogP) is 2.42. The van der Waals surface area contributed by atoms with Crippen molar-refractivity contribution in [1.29, 1.82) is 0 Å². The summed E-state index contributed by atoms with van der Waals surface area (Å²) in [5, 5.41) is 24.2. The van der Waals surface area contributed by atoms with Crippen LogP contribution in [0.4, 0.5) is 18.9 Å². The summed E-state index contributed by atoms with van der Waals surface area (Å²) in [6.07, 6.45) is -7.12. The van der Waals surface area contributed by atoms with E-state index < -0.39 is 36.6 Å². The van der Waals surface area contributed by atoms with Crippen molar-refractivity contribution >= 4 is 28.9 Å². The number of nitrogens with one attached hydrogen (secondary N) is 1. The van der Waals surface area contributed by atoms with Gasteiger partial charge in [0.2, 0.25) is 5.91 Å². The first-order valence-electron chi connectivity index (χ1n) is 10.7. The largest absolute Gasteiger partial charge is 0.573 e. The number of halogens is 3. The van der Waals surface area contributed by atoms with Crippen molar-refractivity contribution in [2.45, 2.75) is 43.6 Å². The van der Waals surface area contributed by atoms with E-state index in [0.717, 1.165) is 17.7 Å². The number of ether oxygens (including phenoxy) is 1. The zero-order chi connectivity index (χ0) is 24.6. The van der Waals surface area contributed by atoms with Gasteiger partial charge in [-0.25, -0.2) is 0 Å². The molecule has 11 heteroatoms. The number of carbonyl (C=O) groups is 1. The molecule has 2 aliphatic rings. The van der Waals surface area contributed by atoms with E-state index in [4.69, 9.17) is 12.2 Å². The second-order valence-electron chi connectivity index (χ2n) is 8.46. The first kappa shape index (κ1) is 24.2. The second-order valence-corrected chi connectivity index (χ2v) is 8.84. The normalized spacial score (nSPS) is 26.6. The maximum Gasteiger partial charge on any atom is 0.573 e. The van der Waals surface area contributed by atoms with Crippen molar-refractivity contribution in [3.05, 3.63) is 60.2 Å². The summed E-state index contributed by atoms with van der Waals surface area (Å²) in [5.41, 5.74) is 1.37. The van der Waals surface area contributed by atoms with Crippen LogP contribution in [0.2, 0.25) is 0 Å². The Labute approximate surface area is 199 Å². The van der Waals surface area contributed by atoms with E-state index in [0.29, 0.717) is 12.2 Å². The molecule has 1 aliphatic heterocycles.